The maximum atomic E-state index is 13.7. The first kappa shape index (κ1) is 36.8. The predicted molar refractivity (Wildman–Crippen MR) is 181 cm³/mol. The number of para-hydroxylation sites is 1. The summed E-state index contributed by atoms with van der Waals surface area (Å²) in [6.07, 6.45) is -12.0. The molecule has 5 aromatic rings. The minimum atomic E-state index is -4.78. The summed E-state index contributed by atoms with van der Waals surface area (Å²) in [6.45, 7) is -0.559. The van der Waals surface area contributed by atoms with E-state index in [1.165, 1.54) is 10.6 Å². The van der Waals surface area contributed by atoms with Gasteiger partial charge < -0.3 is 40.2 Å². The largest absolute Gasteiger partial charge is 0.457 e. The summed E-state index contributed by atoms with van der Waals surface area (Å²) in [5.74, 6) is 1.18. The van der Waals surface area contributed by atoms with E-state index in [0.717, 1.165) is 24.3 Å². The maximum Gasteiger partial charge on any atom is 0.417 e. The van der Waals surface area contributed by atoms with E-state index in [4.69, 9.17) is 26.2 Å². The van der Waals surface area contributed by atoms with Gasteiger partial charge in [0.2, 0.25) is 5.95 Å². The standard InChI is InChI=1S/C35H30ClF6N5O5/c36-25-11-10-21(15-24(25)35(40,41)42)44-33(50)46-27-18-51-29(17-48)30(31(27)49)47-28-12-9-20(34(37,38)39)14-26(28)45-32(47)43-16-19-5-4-8-23(13-19)52-22-6-2-1-3-7-22/h1-15,27,29-31,48-49H,16-18H2,(H,43,45)(H2,44,46,50)/p+1. The average molecular weight is 751 g/mol. The third-order valence-corrected chi connectivity index (χ3v) is 8.65. The zero-order valence-corrected chi connectivity index (χ0v) is 27.6. The molecule has 4 unspecified atom stereocenters. The third-order valence-electron chi connectivity index (χ3n) is 8.32. The van der Waals surface area contributed by atoms with Gasteiger partial charge in [0.1, 0.15) is 23.7 Å². The molecule has 1 fully saturated rings. The van der Waals surface area contributed by atoms with Crippen LogP contribution in [0.5, 0.6) is 11.5 Å². The van der Waals surface area contributed by atoms with Gasteiger partial charge in [0.15, 0.2) is 6.61 Å². The van der Waals surface area contributed by atoms with E-state index >= 15 is 0 Å². The predicted octanol–water partition coefficient (Wildman–Crippen LogP) is 7.35. The number of imidazole rings is 1. The van der Waals surface area contributed by atoms with Crippen LogP contribution in [-0.4, -0.2) is 57.3 Å². The number of aliphatic hydroxyl groups excluding tert-OH is 1. The summed E-state index contributed by atoms with van der Waals surface area (Å²) < 4.78 is 94.4. The highest BCUT2D eigenvalue weighted by molar-refractivity contribution is 6.31. The first-order chi connectivity index (χ1) is 24.7. The first-order valence-electron chi connectivity index (χ1n) is 15.7. The second-order valence-electron chi connectivity index (χ2n) is 11.9. The van der Waals surface area contributed by atoms with Gasteiger partial charge >= 0.3 is 18.4 Å². The van der Waals surface area contributed by atoms with Gasteiger partial charge in [0.25, 0.3) is 0 Å². The molecule has 1 aromatic heterocycles. The molecule has 274 valence electrons. The number of fused-ring (bicyclic) bond motifs is 1. The molecular formula is C35H31ClF6N5O5+. The molecular weight excluding hydrogens is 720 g/mol. The normalized spacial score (nSPS) is 19.3. The lowest BCUT2D eigenvalue weighted by molar-refractivity contribution is -0.138. The number of aromatic nitrogens is 2. The lowest BCUT2D eigenvalue weighted by Gasteiger charge is -2.40. The number of amides is 2. The van der Waals surface area contributed by atoms with Crippen LogP contribution in [0.15, 0.2) is 91.0 Å². The van der Waals surface area contributed by atoms with Crippen LogP contribution in [0, 0.1) is 0 Å². The molecule has 0 saturated carbocycles. The quantitative estimate of drug-likeness (QED) is 0.0921. The number of benzene rings is 4. The number of anilines is 2. The number of aliphatic hydroxyl groups is 1. The zero-order chi connectivity index (χ0) is 37.2. The van der Waals surface area contributed by atoms with Gasteiger partial charge in [-0.05, 0) is 66.2 Å². The third kappa shape index (κ3) is 8.20. The topological polar surface area (TPSA) is 133 Å². The van der Waals surface area contributed by atoms with Crippen molar-refractivity contribution in [2.75, 3.05) is 23.8 Å². The van der Waals surface area contributed by atoms with Gasteiger partial charge in [-0.15, -0.1) is 0 Å². The molecule has 0 spiro atoms. The fourth-order valence-electron chi connectivity index (χ4n) is 5.89. The van der Waals surface area contributed by atoms with Crippen LogP contribution in [0.4, 0.5) is 42.8 Å². The molecule has 0 bridgehead atoms. The smallest absolute Gasteiger partial charge is 0.417 e. The van der Waals surface area contributed by atoms with Crippen LogP contribution in [-0.2, 0) is 23.6 Å². The number of carbonyl (C=O) groups is 1. The molecule has 6 rings (SSSR count). The van der Waals surface area contributed by atoms with Crippen molar-refractivity contribution >= 4 is 40.3 Å². The number of nitrogens with zero attached hydrogens (tertiary/aromatic N) is 2. The van der Waals surface area contributed by atoms with Gasteiger partial charge in [0, 0.05) is 12.2 Å². The number of hydrogen-bond acceptors (Lipinski definition) is 6. The molecule has 1 aliphatic heterocycles. The van der Waals surface area contributed by atoms with Crippen molar-refractivity contribution in [3.63, 3.8) is 0 Å². The van der Waals surface area contributed by atoms with Crippen LogP contribution < -0.4 is 20.7 Å². The Balaban J connectivity index is 1.29. The van der Waals surface area contributed by atoms with Crippen LogP contribution >= 0.6 is 11.6 Å². The second-order valence-corrected chi connectivity index (χ2v) is 12.3. The average Bonchev–Trinajstić information content (AvgIpc) is 3.46. The lowest BCUT2D eigenvalue weighted by atomic mass is 9.95. The van der Waals surface area contributed by atoms with E-state index in [1.54, 1.807) is 36.4 Å². The maximum absolute atomic E-state index is 13.7. The number of rotatable bonds is 9. The Morgan fingerprint density at radius 1 is 0.962 bits per heavy atom. The number of nitrogens with one attached hydrogen (secondary N) is 3. The van der Waals surface area contributed by atoms with Crippen LogP contribution in [0.25, 0.3) is 11.0 Å². The summed E-state index contributed by atoms with van der Waals surface area (Å²) in [4.78, 5) is 17.4. The van der Waals surface area contributed by atoms with Crippen LogP contribution in [0.1, 0.15) is 22.7 Å². The lowest BCUT2D eigenvalue weighted by Crippen LogP contribution is -2.58. The molecule has 6 N–H and O–H groups in total. The zero-order valence-electron chi connectivity index (χ0n) is 26.8. The van der Waals surface area contributed by atoms with Crippen molar-refractivity contribution in [1.82, 2.24) is 14.9 Å². The Morgan fingerprint density at radius 2 is 1.71 bits per heavy atom. The van der Waals surface area contributed by atoms with Gasteiger partial charge in [-0.3, -0.25) is 0 Å². The highest BCUT2D eigenvalue weighted by Crippen LogP contribution is 2.38. The number of alkyl halides is 6. The molecule has 2 amide bonds. The molecule has 10 nitrogen and oxygen atoms in total. The summed E-state index contributed by atoms with van der Waals surface area (Å²) in [5, 5.41) is 27.2. The molecule has 0 aliphatic carbocycles. The van der Waals surface area contributed by atoms with Gasteiger partial charge in [-0.25, -0.2) is 9.78 Å². The molecule has 52 heavy (non-hydrogen) atoms. The molecule has 1 aliphatic rings. The Hall–Kier alpha value is -5.03. The number of hydrogen-bond donors (Lipinski definition) is 4. The van der Waals surface area contributed by atoms with E-state index in [-0.39, 0.29) is 42.4 Å². The highest BCUT2D eigenvalue weighted by atomic mass is 35.5. The SMILES string of the molecule is O=C(Nc1ccc(Cl)c(C(F)(F)F)c1)NC1COC(C[OH2+])C(n2c(NCc3cccc(Oc4ccccc4)c3)nc3cc(C(F)(F)F)ccc32)C1O. The minimum absolute atomic E-state index is 0.0424. The summed E-state index contributed by atoms with van der Waals surface area (Å²) in [6, 6.07) is 18.5. The van der Waals surface area contributed by atoms with E-state index < -0.39 is 58.8 Å². The summed E-state index contributed by atoms with van der Waals surface area (Å²) in [7, 11) is 0. The fourth-order valence-corrected chi connectivity index (χ4v) is 6.11. The number of ether oxygens (including phenoxy) is 2. The number of halogens is 7. The van der Waals surface area contributed by atoms with Crippen molar-refractivity contribution in [2.45, 2.75) is 43.2 Å². The number of carbonyl (C=O) groups excluding carboxylic acids is 1. The molecule has 17 heteroatoms. The highest BCUT2D eigenvalue weighted by Gasteiger charge is 2.44. The Kier molecular flexibility index (Phi) is 10.5. The molecule has 1 saturated heterocycles. The van der Waals surface area contributed by atoms with Crippen molar-refractivity contribution in [2.24, 2.45) is 0 Å². The summed E-state index contributed by atoms with van der Waals surface area (Å²) in [5.41, 5.74) is -1.52. The Labute approximate surface area is 296 Å². The van der Waals surface area contributed by atoms with Crippen molar-refractivity contribution < 1.29 is 50.8 Å². The fraction of sp³-hybridized carbons (Fsp3) is 0.257. The van der Waals surface area contributed by atoms with E-state index in [0.29, 0.717) is 23.1 Å². The first-order valence-corrected chi connectivity index (χ1v) is 16.1. The summed E-state index contributed by atoms with van der Waals surface area (Å²) >= 11 is 5.68. The van der Waals surface area contributed by atoms with Crippen molar-refractivity contribution in [1.29, 1.82) is 0 Å². The van der Waals surface area contributed by atoms with Crippen molar-refractivity contribution in [3.05, 3.63) is 113 Å². The molecule has 4 aromatic carbocycles. The Bertz CT molecular complexity index is 2040. The van der Waals surface area contributed by atoms with E-state index in [1.807, 2.05) is 18.2 Å². The van der Waals surface area contributed by atoms with Crippen molar-refractivity contribution in [3.8, 4) is 11.5 Å². The molecule has 2 heterocycles. The molecule has 4 atom stereocenters. The van der Waals surface area contributed by atoms with E-state index in [2.05, 4.69) is 20.9 Å². The van der Waals surface area contributed by atoms with Crippen LogP contribution in [0.2, 0.25) is 5.02 Å². The molecule has 0 radical (unpaired) electrons. The number of urea groups is 1. The Morgan fingerprint density at radius 3 is 2.42 bits per heavy atom. The monoisotopic (exact) mass is 750 g/mol. The minimum Gasteiger partial charge on any atom is -0.457 e. The van der Waals surface area contributed by atoms with E-state index in [9.17, 15) is 36.2 Å². The van der Waals surface area contributed by atoms with Crippen LogP contribution in [0.3, 0.4) is 0 Å². The van der Waals surface area contributed by atoms with Gasteiger partial charge in [-0.2, -0.15) is 26.3 Å². The van der Waals surface area contributed by atoms with Gasteiger partial charge in [0.05, 0.1) is 45.9 Å². The second kappa shape index (κ2) is 14.9. The van der Waals surface area contributed by atoms with Gasteiger partial charge in [-0.1, -0.05) is 41.9 Å².